The zero-order chi connectivity index (χ0) is 19.3. The summed E-state index contributed by atoms with van der Waals surface area (Å²) in [4.78, 5) is 40.5. The number of carbonyl (C=O) groups is 2. The van der Waals surface area contributed by atoms with Gasteiger partial charge in [-0.1, -0.05) is 27.3 Å². The number of hydrogen-bond donors (Lipinski definition) is 2. The number of cyclic esters (lactones) is 2. The predicted molar refractivity (Wildman–Crippen MR) is 105 cm³/mol. The predicted octanol–water partition coefficient (Wildman–Crippen LogP) is 3.09. The molecule has 0 radical (unpaired) electrons. The normalized spacial score (nSPS) is 37.5. The molecule has 9 heteroatoms. The first-order valence-corrected chi connectivity index (χ1v) is 11.6. The fourth-order valence-corrected chi connectivity index (χ4v) is 9.20. The zero-order valence-electron chi connectivity index (χ0n) is 14.3. The van der Waals surface area contributed by atoms with Gasteiger partial charge in [0.1, 0.15) is 5.75 Å². The number of esters is 2. The van der Waals surface area contributed by atoms with Crippen molar-refractivity contribution in [3.05, 3.63) is 42.8 Å². The third-order valence-electron chi connectivity index (χ3n) is 6.78. The number of nitrogens with one attached hydrogen (secondary N) is 1. The number of aromatic amines is 1. The van der Waals surface area contributed by atoms with Crippen LogP contribution in [-0.2, 0) is 14.3 Å². The number of benzene rings is 1. The van der Waals surface area contributed by atoms with Crippen LogP contribution in [0.2, 0.25) is 0 Å². The average Bonchev–Trinajstić information content (AvgIpc) is 3.36. The molecule has 2 bridgehead atoms. The Balaban J connectivity index is 1.55. The molecule has 3 fully saturated rings. The van der Waals surface area contributed by atoms with Crippen LogP contribution in [0.25, 0.3) is 0 Å². The SMILES string of the molecule is O=C1OC(=O)[C@@H]2[C@H]3C[C@H]([C@@H]12)[C@@H]1[C@@H](c2cc(Br)ccc2O)c2sc(=O)[nH]c2S[C@@H]31. The van der Waals surface area contributed by atoms with E-state index in [1.54, 1.807) is 23.9 Å². The molecule has 1 aromatic carbocycles. The first kappa shape index (κ1) is 17.3. The maximum absolute atomic E-state index is 12.4. The summed E-state index contributed by atoms with van der Waals surface area (Å²) >= 11 is 6.27. The molecular weight excluding hydrogens is 466 g/mol. The van der Waals surface area contributed by atoms with Gasteiger partial charge in [0, 0.05) is 26.1 Å². The minimum atomic E-state index is -0.406. The molecular formula is C19H14BrNO5S2. The number of phenolic OH excluding ortho intramolecular Hbond substituents is 1. The van der Waals surface area contributed by atoms with Gasteiger partial charge in [-0.3, -0.25) is 14.4 Å². The third-order valence-corrected chi connectivity index (χ3v) is 9.86. The van der Waals surface area contributed by atoms with Crippen LogP contribution in [0.5, 0.6) is 5.75 Å². The lowest BCUT2D eigenvalue weighted by atomic mass is 9.68. The lowest BCUT2D eigenvalue weighted by molar-refractivity contribution is -0.154. The van der Waals surface area contributed by atoms with Crippen molar-refractivity contribution in [3.63, 3.8) is 0 Å². The Bertz CT molecular complexity index is 1110. The molecule has 2 saturated carbocycles. The minimum Gasteiger partial charge on any atom is -0.508 e. The molecule has 2 aromatic rings. The maximum Gasteiger partial charge on any atom is 0.317 e. The summed E-state index contributed by atoms with van der Waals surface area (Å²) < 4.78 is 5.82. The highest BCUT2D eigenvalue weighted by Crippen LogP contribution is 2.68. The van der Waals surface area contributed by atoms with Crippen LogP contribution in [0.3, 0.4) is 0 Å². The highest BCUT2D eigenvalue weighted by atomic mass is 79.9. The number of halogens is 1. The number of carbonyl (C=O) groups excluding carboxylic acids is 2. The highest BCUT2D eigenvalue weighted by molar-refractivity contribution is 9.10. The number of fused-ring (bicyclic) bond motifs is 9. The molecule has 0 spiro atoms. The number of H-pyrrole nitrogens is 1. The number of phenols is 1. The topological polar surface area (TPSA) is 96.5 Å². The van der Waals surface area contributed by atoms with Crippen molar-refractivity contribution in [2.45, 2.75) is 22.6 Å². The van der Waals surface area contributed by atoms with E-state index >= 15 is 0 Å². The van der Waals surface area contributed by atoms with Crippen molar-refractivity contribution in [2.75, 3.05) is 0 Å². The number of thioether (sulfide) groups is 1. The van der Waals surface area contributed by atoms with Crippen LogP contribution >= 0.6 is 39.0 Å². The molecule has 1 aromatic heterocycles. The van der Waals surface area contributed by atoms with Crippen LogP contribution in [0.4, 0.5) is 0 Å². The maximum atomic E-state index is 12.4. The van der Waals surface area contributed by atoms with Crippen molar-refractivity contribution < 1.29 is 19.4 Å². The number of aromatic hydroxyl groups is 1. The van der Waals surface area contributed by atoms with Crippen LogP contribution in [0, 0.1) is 29.6 Å². The monoisotopic (exact) mass is 479 g/mol. The molecule has 6 rings (SSSR count). The van der Waals surface area contributed by atoms with E-state index in [4.69, 9.17) is 4.74 Å². The van der Waals surface area contributed by atoms with Crippen molar-refractivity contribution >= 4 is 51.0 Å². The summed E-state index contributed by atoms with van der Waals surface area (Å²) in [6.07, 6.45) is 0.808. The second kappa shape index (κ2) is 5.73. The number of rotatable bonds is 1. The first-order chi connectivity index (χ1) is 13.4. The van der Waals surface area contributed by atoms with Gasteiger partial charge in [-0.05, 0) is 42.4 Å². The lowest BCUT2D eigenvalue weighted by Crippen LogP contribution is -2.42. The fourth-order valence-electron chi connectivity index (χ4n) is 5.94. The average molecular weight is 480 g/mol. The van der Waals surface area contributed by atoms with Crippen LogP contribution < -0.4 is 4.87 Å². The Morgan fingerprint density at radius 3 is 2.68 bits per heavy atom. The molecule has 0 amide bonds. The first-order valence-electron chi connectivity index (χ1n) is 9.07. The highest BCUT2D eigenvalue weighted by Gasteiger charge is 2.69. The zero-order valence-corrected chi connectivity index (χ0v) is 17.5. The summed E-state index contributed by atoms with van der Waals surface area (Å²) in [5, 5.41) is 11.6. The van der Waals surface area contributed by atoms with E-state index in [0.717, 1.165) is 26.4 Å². The molecule has 4 aliphatic rings. The molecule has 2 N–H and O–H groups in total. The van der Waals surface area contributed by atoms with Gasteiger partial charge in [0.2, 0.25) is 0 Å². The molecule has 7 atom stereocenters. The van der Waals surface area contributed by atoms with Crippen LogP contribution in [0.15, 0.2) is 32.5 Å². The van der Waals surface area contributed by atoms with E-state index in [2.05, 4.69) is 20.9 Å². The molecule has 3 heterocycles. The number of hydrogen-bond acceptors (Lipinski definition) is 7. The second-order valence-electron chi connectivity index (χ2n) is 7.90. The van der Waals surface area contributed by atoms with E-state index in [0.29, 0.717) is 0 Å². The summed E-state index contributed by atoms with van der Waals surface area (Å²) in [6, 6.07) is 5.31. The van der Waals surface area contributed by atoms with E-state index < -0.39 is 17.9 Å². The van der Waals surface area contributed by atoms with E-state index in [1.165, 1.54) is 11.3 Å². The molecule has 6 nitrogen and oxygen atoms in total. The van der Waals surface area contributed by atoms with Crippen molar-refractivity contribution in [3.8, 4) is 5.75 Å². The number of thiazole rings is 1. The Morgan fingerprint density at radius 2 is 1.89 bits per heavy atom. The number of ether oxygens (including phenoxy) is 1. The number of aromatic nitrogens is 1. The molecule has 0 unspecified atom stereocenters. The van der Waals surface area contributed by atoms with Gasteiger partial charge < -0.3 is 14.8 Å². The van der Waals surface area contributed by atoms with Crippen LogP contribution in [-0.4, -0.2) is 27.3 Å². The van der Waals surface area contributed by atoms with Crippen LogP contribution in [0.1, 0.15) is 22.8 Å². The minimum absolute atomic E-state index is 0.0141. The molecule has 1 saturated heterocycles. The van der Waals surface area contributed by atoms with E-state index in [1.807, 2.05) is 6.07 Å². The van der Waals surface area contributed by atoms with Gasteiger partial charge in [0.05, 0.1) is 16.9 Å². The van der Waals surface area contributed by atoms with Crippen molar-refractivity contribution in [2.24, 2.45) is 29.6 Å². The van der Waals surface area contributed by atoms with E-state index in [-0.39, 0.29) is 45.5 Å². The summed E-state index contributed by atoms with van der Waals surface area (Å²) in [7, 11) is 0. The summed E-state index contributed by atoms with van der Waals surface area (Å²) in [5.41, 5.74) is 0.753. The molecule has 144 valence electrons. The van der Waals surface area contributed by atoms with Gasteiger partial charge in [0.25, 0.3) is 0 Å². The Kier molecular flexibility index (Phi) is 3.54. The lowest BCUT2D eigenvalue weighted by Gasteiger charge is -2.42. The van der Waals surface area contributed by atoms with Gasteiger partial charge in [-0.15, -0.1) is 11.8 Å². The van der Waals surface area contributed by atoms with Gasteiger partial charge in [-0.2, -0.15) is 0 Å². The van der Waals surface area contributed by atoms with Gasteiger partial charge in [0.15, 0.2) is 0 Å². The summed E-state index contributed by atoms with van der Waals surface area (Å²) in [6.45, 7) is 0. The second-order valence-corrected chi connectivity index (χ2v) is 11.0. The van der Waals surface area contributed by atoms with E-state index in [9.17, 15) is 19.5 Å². The summed E-state index contributed by atoms with van der Waals surface area (Å²) in [5.74, 6) is -1.45. The Hall–Kier alpha value is -1.58. The van der Waals surface area contributed by atoms with Gasteiger partial charge in [-0.25, -0.2) is 0 Å². The third kappa shape index (κ3) is 2.12. The molecule has 28 heavy (non-hydrogen) atoms. The van der Waals surface area contributed by atoms with Gasteiger partial charge >= 0.3 is 16.8 Å². The Morgan fingerprint density at radius 1 is 1.14 bits per heavy atom. The standard InChI is InChI=1S/C19H14BrNO5S2/c20-5-1-2-9(22)6(3-5)10-11-7-4-8(13-12(7)17(23)26-18(13)24)14(11)27-16-15(10)28-19(25)21-16/h1-3,7-8,10-14,22H,4H2,(H,21,25)/t7-,8+,10+,11+,12+,13+,14-/m0/s1. The quantitative estimate of drug-likeness (QED) is 0.481. The molecule has 2 aliphatic heterocycles. The van der Waals surface area contributed by atoms with Crippen molar-refractivity contribution in [1.29, 1.82) is 0 Å². The Labute approximate surface area is 175 Å². The fraction of sp³-hybridized carbons (Fsp3) is 0.421. The van der Waals surface area contributed by atoms with Crippen molar-refractivity contribution in [1.82, 2.24) is 4.98 Å². The largest absolute Gasteiger partial charge is 0.508 e. The smallest absolute Gasteiger partial charge is 0.317 e. The molecule has 2 aliphatic carbocycles.